The Morgan fingerprint density at radius 2 is 2.03 bits per heavy atom. The molecule has 176 valence electrons. The summed E-state index contributed by atoms with van der Waals surface area (Å²) in [4.78, 5) is 13.0. The summed E-state index contributed by atoms with van der Waals surface area (Å²) in [6, 6.07) is 3.90. The fraction of sp³-hybridized carbons (Fsp3) is 0.684. The van der Waals surface area contributed by atoms with Crippen molar-refractivity contribution in [2.45, 2.75) is 57.1 Å². The molecule has 2 saturated heterocycles. The quantitative estimate of drug-likeness (QED) is 0.684. The maximum absolute atomic E-state index is 12.2. The lowest BCUT2D eigenvalue weighted by Gasteiger charge is -2.37. The first kappa shape index (κ1) is 25.5. The zero-order valence-corrected chi connectivity index (χ0v) is 18.0. The van der Waals surface area contributed by atoms with Crippen LogP contribution in [0.15, 0.2) is 24.5 Å². The lowest BCUT2D eigenvalue weighted by molar-refractivity contribution is -0.192. The Morgan fingerprint density at radius 1 is 1.39 bits per heavy atom. The number of aliphatic carboxylic acids is 1. The van der Waals surface area contributed by atoms with Gasteiger partial charge >= 0.3 is 12.1 Å². The molecule has 1 spiro atoms. The third-order valence-corrected chi connectivity index (χ3v) is 7.19. The standard InChI is InChI=1S/C17H26N2O4S.C2HF3O2/c1-2-10-24(20,21)19-8-5-17(6-9-19)11-16(14-23-17)22-13-15-4-3-7-18-12-15;3-2(4,5)1(6)7/h3-4,7,12,16H,2,5-6,8-11,13-14H2,1H3;(H,6,7). The molecule has 1 aromatic rings. The number of carbonyl (C=O) groups is 1. The molecular formula is C19H27F3N2O6S. The van der Waals surface area contributed by atoms with Crippen molar-refractivity contribution in [1.82, 2.24) is 9.29 Å². The summed E-state index contributed by atoms with van der Waals surface area (Å²) in [7, 11) is -3.10. The van der Waals surface area contributed by atoms with E-state index in [0.717, 1.165) is 24.8 Å². The molecule has 3 heterocycles. The number of hydrogen-bond donors (Lipinski definition) is 1. The van der Waals surface area contributed by atoms with E-state index in [2.05, 4.69) is 4.98 Å². The highest BCUT2D eigenvalue weighted by Crippen LogP contribution is 2.37. The van der Waals surface area contributed by atoms with Crippen LogP contribution in [-0.2, 0) is 30.9 Å². The van der Waals surface area contributed by atoms with E-state index < -0.39 is 22.2 Å². The topological polar surface area (TPSA) is 106 Å². The first-order chi connectivity index (χ1) is 14.5. The molecule has 2 aliphatic rings. The van der Waals surface area contributed by atoms with Gasteiger partial charge in [0, 0.05) is 31.9 Å². The van der Waals surface area contributed by atoms with Crippen LogP contribution >= 0.6 is 0 Å². The van der Waals surface area contributed by atoms with E-state index in [1.165, 1.54) is 0 Å². The highest BCUT2D eigenvalue weighted by molar-refractivity contribution is 7.89. The Balaban J connectivity index is 0.000000423. The van der Waals surface area contributed by atoms with Crippen molar-refractivity contribution in [2.24, 2.45) is 0 Å². The van der Waals surface area contributed by atoms with Gasteiger partial charge in [0.25, 0.3) is 0 Å². The van der Waals surface area contributed by atoms with E-state index in [1.54, 1.807) is 10.5 Å². The molecule has 1 unspecified atom stereocenters. The molecule has 2 aliphatic heterocycles. The number of nitrogens with zero attached hydrogens (tertiary/aromatic N) is 2. The monoisotopic (exact) mass is 468 g/mol. The van der Waals surface area contributed by atoms with Gasteiger partial charge in [-0.25, -0.2) is 17.5 Å². The molecular weight excluding hydrogens is 441 g/mol. The van der Waals surface area contributed by atoms with Crippen molar-refractivity contribution in [3.8, 4) is 0 Å². The van der Waals surface area contributed by atoms with Gasteiger partial charge in [0.15, 0.2) is 0 Å². The minimum atomic E-state index is -5.08. The van der Waals surface area contributed by atoms with Crippen LogP contribution < -0.4 is 0 Å². The molecule has 0 saturated carbocycles. The lowest BCUT2D eigenvalue weighted by Crippen LogP contribution is -2.47. The number of halogens is 3. The predicted molar refractivity (Wildman–Crippen MR) is 105 cm³/mol. The van der Waals surface area contributed by atoms with Gasteiger partial charge < -0.3 is 14.6 Å². The van der Waals surface area contributed by atoms with Crippen LogP contribution in [0.25, 0.3) is 0 Å². The number of sulfonamides is 1. The summed E-state index contributed by atoms with van der Waals surface area (Å²) in [5.41, 5.74) is 0.844. The Labute approximate surface area is 179 Å². The number of ether oxygens (including phenoxy) is 2. The first-order valence-electron chi connectivity index (χ1n) is 9.90. The molecule has 3 rings (SSSR count). The van der Waals surface area contributed by atoms with E-state index in [1.807, 2.05) is 25.3 Å². The third-order valence-electron chi connectivity index (χ3n) is 5.12. The van der Waals surface area contributed by atoms with Gasteiger partial charge in [-0.3, -0.25) is 4.98 Å². The Kier molecular flexibility index (Phi) is 8.81. The van der Waals surface area contributed by atoms with Crippen LogP contribution in [0.1, 0.15) is 38.2 Å². The Morgan fingerprint density at radius 3 is 2.55 bits per heavy atom. The van der Waals surface area contributed by atoms with Crippen LogP contribution in [0.3, 0.4) is 0 Å². The maximum Gasteiger partial charge on any atom is 0.490 e. The van der Waals surface area contributed by atoms with Gasteiger partial charge in [0.05, 0.1) is 30.7 Å². The summed E-state index contributed by atoms with van der Waals surface area (Å²) >= 11 is 0. The first-order valence-corrected chi connectivity index (χ1v) is 11.5. The second-order valence-corrected chi connectivity index (χ2v) is 9.60. The van der Waals surface area contributed by atoms with Crippen LogP contribution in [0, 0.1) is 0 Å². The molecule has 12 heteroatoms. The second kappa shape index (κ2) is 10.7. The smallest absolute Gasteiger partial charge is 0.475 e. The molecule has 0 amide bonds. The van der Waals surface area contributed by atoms with Gasteiger partial charge in [-0.2, -0.15) is 13.2 Å². The third kappa shape index (κ3) is 7.70. The number of carboxylic acid groups (broad SMARTS) is 1. The molecule has 0 radical (unpaired) electrons. The molecule has 1 aromatic heterocycles. The number of pyridine rings is 1. The number of aromatic nitrogens is 1. The fourth-order valence-corrected chi connectivity index (χ4v) is 5.03. The number of rotatable bonds is 6. The molecule has 8 nitrogen and oxygen atoms in total. The minimum absolute atomic E-state index is 0.0732. The molecule has 1 N–H and O–H groups in total. The lowest BCUT2D eigenvalue weighted by atomic mass is 9.89. The predicted octanol–water partition coefficient (Wildman–Crippen LogP) is 2.59. The second-order valence-electron chi connectivity index (χ2n) is 7.51. The van der Waals surface area contributed by atoms with Crippen molar-refractivity contribution in [2.75, 3.05) is 25.4 Å². The summed E-state index contributed by atoms with van der Waals surface area (Å²) < 4.78 is 69.7. The van der Waals surface area contributed by atoms with Gasteiger partial charge in [-0.05, 0) is 30.9 Å². The Hall–Kier alpha value is -1.76. The van der Waals surface area contributed by atoms with Crippen LogP contribution in [0.4, 0.5) is 13.2 Å². The highest BCUT2D eigenvalue weighted by Gasteiger charge is 2.44. The van der Waals surface area contributed by atoms with E-state index in [0.29, 0.717) is 32.7 Å². The normalized spacial score (nSPS) is 21.5. The average molecular weight is 468 g/mol. The number of piperidine rings is 1. The van der Waals surface area contributed by atoms with Gasteiger partial charge in [0.1, 0.15) is 0 Å². The number of alkyl halides is 3. The SMILES string of the molecule is CCCS(=O)(=O)N1CCC2(CC1)CC(OCc1cccnc1)CO2.O=C(O)C(F)(F)F. The zero-order valence-electron chi connectivity index (χ0n) is 17.2. The molecule has 0 aliphatic carbocycles. The van der Waals surface area contributed by atoms with Gasteiger partial charge in [0.2, 0.25) is 10.0 Å². The molecule has 2 fully saturated rings. The molecule has 31 heavy (non-hydrogen) atoms. The van der Waals surface area contributed by atoms with E-state index in [9.17, 15) is 21.6 Å². The largest absolute Gasteiger partial charge is 0.490 e. The highest BCUT2D eigenvalue weighted by atomic mass is 32.2. The van der Waals surface area contributed by atoms with Crippen molar-refractivity contribution < 1.29 is 41.0 Å². The maximum atomic E-state index is 12.2. The van der Waals surface area contributed by atoms with Crippen molar-refractivity contribution in [1.29, 1.82) is 0 Å². The zero-order chi connectivity index (χ0) is 23.1. The minimum Gasteiger partial charge on any atom is -0.475 e. The summed E-state index contributed by atoms with van der Waals surface area (Å²) in [6.45, 7) is 4.12. The summed E-state index contributed by atoms with van der Waals surface area (Å²) in [5.74, 6) is -2.52. The van der Waals surface area contributed by atoms with E-state index in [-0.39, 0.29) is 17.5 Å². The van der Waals surface area contributed by atoms with Gasteiger partial charge in [-0.15, -0.1) is 0 Å². The molecule has 1 atom stereocenters. The van der Waals surface area contributed by atoms with Crippen LogP contribution in [0.5, 0.6) is 0 Å². The van der Waals surface area contributed by atoms with Crippen LogP contribution in [-0.4, -0.2) is 72.1 Å². The average Bonchev–Trinajstić information content (AvgIpc) is 3.10. The molecule has 0 bridgehead atoms. The van der Waals surface area contributed by atoms with Crippen molar-refractivity contribution in [3.05, 3.63) is 30.1 Å². The fourth-order valence-electron chi connectivity index (χ4n) is 3.51. The van der Waals surface area contributed by atoms with E-state index >= 15 is 0 Å². The molecule has 0 aromatic carbocycles. The van der Waals surface area contributed by atoms with Crippen molar-refractivity contribution >= 4 is 16.0 Å². The van der Waals surface area contributed by atoms with E-state index in [4.69, 9.17) is 19.4 Å². The summed E-state index contributed by atoms with van der Waals surface area (Å²) in [6.07, 6.45) is 1.55. The van der Waals surface area contributed by atoms with Gasteiger partial charge in [-0.1, -0.05) is 13.0 Å². The summed E-state index contributed by atoms with van der Waals surface area (Å²) in [5, 5.41) is 7.12. The van der Waals surface area contributed by atoms with Crippen molar-refractivity contribution in [3.63, 3.8) is 0 Å². The Bertz CT molecular complexity index is 812. The number of hydrogen-bond acceptors (Lipinski definition) is 6. The van der Waals surface area contributed by atoms with Crippen LogP contribution in [0.2, 0.25) is 0 Å². The number of carboxylic acids is 1.